The highest BCUT2D eigenvalue weighted by Gasteiger charge is 2.10. The van der Waals surface area contributed by atoms with E-state index in [1.54, 1.807) is 35.6 Å². The van der Waals surface area contributed by atoms with Gasteiger partial charge in [0.25, 0.3) is 5.91 Å². The van der Waals surface area contributed by atoms with Crippen LogP contribution in [-0.4, -0.2) is 18.4 Å². The van der Waals surface area contributed by atoms with Gasteiger partial charge in [-0.3, -0.25) is 9.59 Å². The molecule has 6 heteroatoms. The van der Waals surface area contributed by atoms with Crippen LogP contribution in [-0.2, 0) is 4.79 Å². The van der Waals surface area contributed by atoms with Gasteiger partial charge in [-0.15, -0.1) is 11.3 Å². The van der Waals surface area contributed by atoms with Crippen LogP contribution in [0.5, 0.6) is 0 Å². The first kappa shape index (κ1) is 17.5. The van der Waals surface area contributed by atoms with Crippen LogP contribution in [0.15, 0.2) is 41.8 Å². The maximum Gasteiger partial charge on any atom is 0.251 e. The predicted octanol–water partition coefficient (Wildman–Crippen LogP) is 3.79. The lowest BCUT2D eigenvalue weighted by Gasteiger charge is -2.12. The molecule has 2 aromatic rings. The second-order valence-electron chi connectivity index (χ2n) is 5.17. The van der Waals surface area contributed by atoms with Crippen molar-refractivity contribution < 1.29 is 9.59 Å². The van der Waals surface area contributed by atoms with E-state index in [2.05, 4.69) is 10.6 Å². The van der Waals surface area contributed by atoms with Crippen molar-refractivity contribution in [2.45, 2.75) is 25.8 Å². The fourth-order valence-electron chi connectivity index (χ4n) is 2.08. The molecule has 0 bridgehead atoms. The lowest BCUT2D eigenvalue weighted by atomic mass is 10.2. The summed E-state index contributed by atoms with van der Waals surface area (Å²) in [6, 6.07) is 10.7. The molecule has 2 amide bonds. The largest absolute Gasteiger partial charge is 0.352 e. The molecule has 2 N–H and O–H groups in total. The van der Waals surface area contributed by atoms with Gasteiger partial charge in [-0.1, -0.05) is 17.7 Å². The summed E-state index contributed by atoms with van der Waals surface area (Å²) in [5, 5.41) is 8.33. The smallest absolute Gasteiger partial charge is 0.251 e. The number of thiophene rings is 1. The van der Waals surface area contributed by atoms with Crippen LogP contribution < -0.4 is 10.6 Å². The van der Waals surface area contributed by atoms with Gasteiger partial charge in [-0.25, -0.2) is 0 Å². The number of rotatable bonds is 7. The second kappa shape index (κ2) is 8.70. The highest BCUT2D eigenvalue weighted by Crippen LogP contribution is 2.18. The normalized spacial score (nSPS) is 11.7. The van der Waals surface area contributed by atoms with Crippen LogP contribution in [0.3, 0.4) is 0 Å². The van der Waals surface area contributed by atoms with Crippen molar-refractivity contribution in [3.8, 4) is 0 Å². The lowest BCUT2D eigenvalue weighted by Crippen LogP contribution is -2.28. The second-order valence-corrected chi connectivity index (χ2v) is 6.59. The predicted molar refractivity (Wildman–Crippen MR) is 93.9 cm³/mol. The van der Waals surface area contributed by atoms with Gasteiger partial charge in [-0.05, 0) is 49.1 Å². The number of nitrogens with one attached hydrogen (secondary N) is 2. The molecule has 0 aliphatic rings. The molecular weight excluding hydrogens is 332 g/mol. The summed E-state index contributed by atoms with van der Waals surface area (Å²) >= 11 is 7.40. The minimum absolute atomic E-state index is 0.00774. The van der Waals surface area contributed by atoms with Crippen molar-refractivity contribution >= 4 is 34.8 Å². The Morgan fingerprint density at radius 1 is 1.22 bits per heavy atom. The average Bonchev–Trinajstić information content (AvgIpc) is 3.06. The molecule has 0 radical (unpaired) electrons. The molecule has 1 atom stereocenters. The molecular formula is C17H19ClN2O2S. The Morgan fingerprint density at radius 3 is 2.61 bits per heavy atom. The summed E-state index contributed by atoms with van der Waals surface area (Å²) in [7, 11) is 0. The van der Waals surface area contributed by atoms with Crippen molar-refractivity contribution in [2.75, 3.05) is 6.54 Å². The van der Waals surface area contributed by atoms with Crippen molar-refractivity contribution in [3.63, 3.8) is 0 Å². The van der Waals surface area contributed by atoms with Crippen molar-refractivity contribution in [1.82, 2.24) is 10.6 Å². The van der Waals surface area contributed by atoms with Crippen LogP contribution in [0, 0.1) is 0 Å². The van der Waals surface area contributed by atoms with Gasteiger partial charge in [0.15, 0.2) is 0 Å². The molecule has 1 unspecified atom stereocenters. The fourth-order valence-corrected chi connectivity index (χ4v) is 2.94. The maximum absolute atomic E-state index is 11.9. The number of carbonyl (C=O) groups excluding carboxylic acids is 2. The zero-order valence-corrected chi connectivity index (χ0v) is 14.4. The third-order valence-electron chi connectivity index (χ3n) is 3.32. The quantitative estimate of drug-likeness (QED) is 0.746. The third kappa shape index (κ3) is 5.69. The Balaban J connectivity index is 1.65. The zero-order chi connectivity index (χ0) is 16.7. The minimum Gasteiger partial charge on any atom is -0.352 e. The molecule has 0 spiro atoms. The first-order chi connectivity index (χ1) is 11.1. The molecule has 0 fully saturated rings. The van der Waals surface area contributed by atoms with Crippen LogP contribution in [0.4, 0.5) is 0 Å². The monoisotopic (exact) mass is 350 g/mol. The molecule has 1 heterocycles. The van der Waals surface area contributed by atoms with E-state index in [4.69, 9.17) is 11.6 Å². The third-order valence-corrected chi connectivity index (χ3v) is 4.63. The van der Waals surface area contributed by atoms with Gasteiger partial charge in [0.1, 0.15) is 0 Å². The van der Waals surface area contributed by atoms with Crippen LogP contribution >= 0.6 is 22.9 Å². The molecule has 0 aliphatic heterocycles. The van der Waals surface area contributed by atoms with Gasteiger partial charge >= 0.3 is 0 Å². The molecule has 23 heavy (non-hydrogen) atoms. The SMILES string of the molecule is CC(NC(=O)CCCNC(=O)c1ccc(Cl)cc1)c1cccs1. The summed E-state index contributed by atoms with van der Waals surface area (Å²) in [5.41, 5.74) is 0.560. The highest BCUT2D eigenvalue weighted by atomic mass is 35.5. The molecule has 0 aliphatic carbocycles. The Labute approximate surface area is 144 Å². The molecule has 0 saturated heterocycles. The molecule has 1 aromatic heterocycles. The van der Waals surface area contributed by atoms with E-state index in [1.165, 1.54) is 0 Å². The highest BCUT2D eigenvalue weighted by molar-refractivity contribution is 7.10. The van der Waals surface area contributed by atoms with Crippen LogP contribution in [0.2, 0.25) is 5.02 Å². The summed E-state index contributed by atoms with van der Waals surface area (Å²) in [6.07, 6.45) is 0.985. The number of amides is 2. The Kier molecular flexibility index (Phi) is 6.62. The maximum atomic E-state index is 11.9. The van der Waals surface area contributed by atoms with Gasteiger partial charge < -0.3 is 10.6 Å². The number of carbonyl (C=O) groups is 2. The first-order valence-electron chi connectivity index (χ1n) is 7.43. The van der Waals surface area contributed by atoms with Gasteiger partial charge in [0.2, 0.25) is 5.91 Å². The Hall–Kier alpha value is -1.85. The summed E-state index contributed by atoms with van der Waals surface area (Å²) in [5.74, 6) is -0.166. The summed E-state index contributed by atoms with van der Waals surface area (Å²) in [4.78, 5) is 24.9. The van der Waals surface area contributed by atoms with E-state index < -0.39 is 0 Å². The molecule has 4 nitrogen and oxygen atoms in total. The summed E-state index contributed by atoms with van der Waals surface area (Å²) < 4.78 is 0. The average molecular weight is 351 g/mol. The topological polar surface area (TPSA) is 58.2 Å². The van der Waals surface area contributed by atoms with E-state index in [0.29, 0.717) is 30.0 Å². The zero-order valence-electron chi connectivity index (χ0n) is 12.8. The number of hydrogen-bond acceptors (Lipinski definition) is 3. The molecule has 0 saturated carbocycles. The van der Waals surface area contributed by atoms with Crippen molar-refractivity contribution in [3.05, 3.63) is 57.2 Å². The van der Waals surface area contributed by atoms with Crippen LogP contribution in [0.1, 0.15) is 41.0 Å². The number of benzene rings is 1. The fraction of sp³-hybridized carbons (Fsp3) is 0.294. The van der Waals surface area contributed by atoms with Gasteiger partial charge in [0.05, 0.1) is 6.04 Å². The molecule has 1 aromatic carbocycles. The van der Waals surface area contributed by atoms with E-state index in [0.717, 1.165) is 4.88 Å². The Morgan fingerprint density at radius 2 is 1.96 bits per heavy atom. The van der Waals surface area contributed by atoms with E-state index >= 15 is 0 Å². The van der Waals surface area contributed by atoms with Crippen LogP contribution in [0.25, 0.3) is 0 Å². The number of hydrogen-bond donors (Lipinski definition) is 2. The van der Waals surface area contributed by atoms with Crippen molar-refractivity contribution in [2.24, 2.45) is 0 Å². The summed E-state index contributed by atoms with van der Waals surface area (Å²) in [6.45, 7) is 2.42. The first-order valence-corrected chi connectivity index (χ1v) is 8.68. The standard InChI is InChI=1S/C17H19ClN2O2S/c1-12(15-4-3-11-23-15)20-16(21)5-2-10-19-17(22)13-6-8-14(18)9-7-13/h3-4,6-9,11-12H,2,5,10H2,1H3,(H,19,22)(H,20,21). The van der Waals surface area contributed by atoms with Gasteiger partial charge in [-0.2, -0.15) is 0 Å². The number of halogens is 1. The van der Waals surface area contributed by atoms with Gasteiger partial charge in [0, 0.05) is 28.4 Å². The lowest BCUT2D eigenvalue weighted by molar-refractivity contribution is -0.121. The van der Waals surface area contributed by atoms with E-state index in [9.17, 15) is 9.59 Å². The van der Waals surface area contributed by atoms with E-state index in [-0.39, 0.29) is 17.9 Å². The van der Waals surface area contributed by atoms with Crippen molar-refractivity contribution in [1.29, 1.82) is 0 Å². The Bertz CT molecular complexity index is 641. The molecule has 2 rings (SSSR count). The minimum atomic E-state index is -0.158. The van der Waals surface area contributed by atoms with E-state index in [1.807, 2.05) is 24.4 Å². The molecule has 122 valence electrons.